The normalized spacial score (nSPS) is 51.2. The lowest BCUT2D eigenvalue weighted by molar-refractivity contribution is -0.101. The summed E-state index contributed by atoms with van der Waals surface area (Å²) >= 11 is 8.40. The first-order valence-corrected chi connectivity index (χ1v) is 8.57. The molecule has 2 heterocycles. The van der Waals surface area contributed by atoms with Crippen LogP contribution in [-0.4, -0.2) is 29.1 Å². The van der Waals surface area contributed by atoms with Crippen LogP contribution in [0.2, 0.25) is 0 Å². The summed E-state index contributed by atoms with van der Waals surface area (Å²) in [5, 5.41) is 0.428. The highest BCUT2D eigenvalue weighted by atomic mass is 35.5. The van der Waals surface area contributed by atoms with Gasteiger partial charge in [0.2, 0.25) is 0 Å². The quantitative estimate of drug-likeness (QED) is 0.666. The summed E-state index contributed by atoms with van der Waals surface area (Å²) in [6.07, 6.45) is 7.59. The van der Waals surface area contributed by atoms with Gasteiger partial charge in [-0.3, -0.25) is 0 Å². The first-order valence-electron chi connectivity index (χ1n) is 6.98. The minimum Gasteiger partial charge on any atom is -0.374 e. The molecule has 0 aromatic rings. The Morgan fingerprint density at radius 2 is 2.12 bits per heavy atom. The van der Waals surface area contributed by atoms with E-state index >= 15 is 0 Å². The number of alkyl halides is 1. The fraction of sp³-hybridized carbons (Fsp3) is 1.00. The summed E-state index contributed by atoms with van der Waals surface area (Å²) < 4.78 is 6.13. The predicted molar refractivity (Wildman–Crippen MR) is 74.9 cm³/mol. The van der Waals surface area contributed by atoms with E-state index in [1.54, 1.807) is 0 Å². The van der Waals surface area contributed by atoms with Gasteiger partial charge in [-0.05, 0) is 55.6 Å². The van der Waals surface area contributed by atoms with Crippen LogP contribution in [0.3, 0.4) is 0 Å². The minimum atomic E-state index is 0.237. The smallest absolute Gasteiger partial charge is 0.0783 e. The highest BCUT2D eigenvalue weighted by molar-refractivity contribution is 7.99. The molecule has 17 heavy (non-hydrogen) atoms. The minimum absolute atomic E-state index is 0.237. The number of hydrogen-bond donors (Lipinski definition) is 0. The molecule has 1 saturated carbocycles. The largest absolute Gasteiger partial charge is 0.374 e. The maximum Gasteiger partial charge on any atom is 0.0783 e. The molecule has 0 N–H and O–H groups in total. The molecule has 4 atom stereocenters. The molecule has 2 aliphatic heterocycles. The fourth-order valence-electron chi connectivity index (χ4n) is 4.05. The van der Waals surface area contributed by atoms with Gasteiger partial charge < -0.3 is 4.74 Å². The highest BCUT2D eigenvalue weighted by Gasteiger charge is 2.48. The van der Waals surface area contributed by atoms with Gasteiger partial charge in [0.15, 0.2) is 0 Å². The van der Waals surface area contributed by atoms with E-state index in [4.69, 9.17) is 16.3 Å². The van der Waals surface area contributed by atoms with E-state index in [1.165, 1.54) is 50.0 Å². The summed E-state index contributed by atoms with van der Waals surface area (Å²) in [7, 11) is 0. The number of ether oxygens (including phenoxy) is 1. The van der Waals surface area contributed by atoms with E-state index in [1.807, 2.05) is 0 Å². The lowest BCUT2D eigenvalue weighted by Crippen LogP contribution is -2.44. The van der Waals surface area contributed by atoms with Crippen LogP contribution in [0, 0.1) is 11.3 Å². The molecule has 0 amide bonds. The Hall–Kier alpha value is 0.600. The van der Waals surface area contributed by atoms with Crippen LogP contribution < -0.4 is 0 Å². The van der Waals surface area contributed by atoms with E-state index < -0.39 is 0 Å². The monoisotopic (exact) mass is 274 g/mol. The number of halogens is 1. The van der Waals surface area contributed by atoms with Crippen molar-refractivity contribution in [1.29, 1.82) is 0 Å². The summed E-state index contributed by atoms with van der Waals surface area (Å²) in [5.41, 5.74) is 0.734. The van der Waals surface area contributed by atoms with Gasteiger partial charge in [-0.1, -0.05) is 6.92 Å². The molecule has 98 valence electrons. The zero-order chi connectivity index (χ0) is 11.9. The summed E-state index contributed by atoms with van der Waals surface area (Å²) in [6.45, 7) is 3.45. The summed E-state index contributed by atoms with van der Waals surface area (Å²) in [4.78, 5) is 0. The Labute approximate surface area is 114 Å². The van der Waals surface area contributed by atoms with Crippen LogP contribution in [-0.2, 0) is 4.74 Å². The lowest BCUT2D eigenvalue weighted by Gasteiger charge is -2.44. The van der Waals surface area contributed by atoms with Gasteiger partial charge in [0.25, 0.3) is 0 Å². The van der Waals surface area contributed by atoms with Crippen molar-refractivity contribution < 1.29 is 4.74 Å². The standard InChI is InChI=1S/C14H23ClOS/c1-13(4-2-12(15)9-13)11-3-6-16-14(8-11)5-7-17-10-14/h11-12H,2-10H2,1H3. The third-order valence-electron chi connectivity index (χ3n) is 5.26. The lowest BCUT2D eigenvalue weighted by atomic mass is 9.68. The molecule has 1 aliphatic carbocycles. The molecule has 3 rings (SSSR count). The van der Waals surface area contributed by atoms with Crippen molar-refractivity contribution in [2.45, 2.75) is 56.4 Å². The Balaban J connectivity index is 1.71. The van der Waals surface area contributed by atoms with Crippen molar-refractivity contribution in [1.82, 2.24) is 0 Å². The topological polar surface area (TPSA) is 9.23 Å². The van der Waals surface area contributed by atoms with Crippen molar-refractivity contribution in [2.75, 3.05) is 18.1 Å². The Morgan fingerprint density at radius 1 is 1.24 bits per heavy atom. The highest BCUT2D eigenvalue weighted by Crippen LogP contribution is 2.53. The molecule has 3 fully saturated rings. The second-order valence-electron chi connectivity index (χ2n) is 6.52. The molecule has 1 nitrogen and oxygen atoms in total. The van der Waals surface area contributed by atoms with Gasteiger partial charge in [0, 0.05) is 17.7 Å². The van der Waals surface area contributed by atoms with Crippen LogP contribution in [0.4, 0.5) is 0 Å². The molecule has 3 heteroatoms. The number of hydrogen-bond acceptors (Lipinski definition) is 2. The average Bonchev–Trinajstić information content (AvgIpc) is 2.88. The molecule has 0 radical (unpaired) electrons. The van der Waals surface area contributed by atoms with Gasteiger partial charge >= 0.3 is 0 Å². The molecule has 1 spiro atoms. The predicted octanol–water partition coefficient (Wildman–Crippen LogP) is 4.09. The summed E-state index contributed by atoms with van der Waals surface area (Å²) in [6, 6.07) is 0. The Kier molecular flexibility index (Phi) is 3.42. The molecule has 0 bridgehead atoms. The third kappa shape index (κ3) is 2.37. The zero-order valence-corrected chi connectivity index (χ0v) is 12.3. The van der Waals surface area contributed by atoms with Crippen LogP contribution in [0.5, 0.6) is 0 Å². The number of rotatable bonds is 1. The Bertz CT molecular complexity index is 290. The van der Waals surface area contributed by atoms with Gasteiger partial charge in [0.1, 0.15) is 0 Å². The maximum absolute atomic E-state index is 6.33. The van der Waals surface area contributed by atoms with Crippen LogP contribution >= 0.6 is 23.4 Å². The molecule has 4 unspecified atom stereocenters. The second-order valence-corrected chi connectivity index (χ2v) is 8.24. The van der Waals surface area contributed by atoms with Crippen molar-refractivity contribution in [3.8, 4) is 0 Å². The van der Waals surface area contributed by atoms with Crippen LogP contribution in [0.1, 0.15) is 45.4 Å². The van der Waals surface area contributed by atoms with Crippen molar-refractivity contribution in [3.05, 3.63) is 0 Å². The van der Waals surface area contributed by atoms with E-state index in [9.17, 15) is 0 Å². The van der Waals surface area contributed by atoms with E-state index in [0.29, 0.717) is 10.8 Å². The van der Waals surface area contributed by atoms with Crippen molar-refractivity contribution >= 4 is 23.4 Å². The van der Waals surface area contributed by atoms with Gasteiger partial charge in [-0.25, -0.2) is 0 Å². The number of thioether (sulfide) groups is 1. The van der Waals surface area contributed by atoms with Gasteiger partial charge in [-0.15, -0.1) is 11.6 Å². The molecule has 3 aliphatic rings. The molecule has 0 aromatic heterocycles. The molecule has 2 saturated heterocycles. The van der Waals surface area contributed by atoms with Crippen LogP contribution in [0.25, 0.3) is 0 Å². The van der Waals surface area contributed by atoms with Crippen molar-refractivity contribution in [2.24, 2.45) is 11.3 Å². The molecular weight excluding hydrogens is 252 g/mol. The molecular formula is C14H23ClOS. The Morgan fingerprint density at radius 3 is 2.76 bits per heavy atom. The summed E-state index contributed by atoms with van der Waals surface area (Å²) in [5.74, 6) is 3.37. The van der Waals surface area contributed by atoms with E-state index in [2.05, 4.69) is 18.7 Å². The SMILES string of the molecule is CC1(C2CCOC3(CCSC3)C2)CCC(Cl)C1. The zero-order valence-electron chi connectivity index (χ0n) is 10.7. The maximum atomic E-state index is 6.33. The third-order valence-corrected chi connectivity index (χ3v) is 6.86. The first-order chi connectivity index (χ1) is 8.12. The second kappa shape index (κ2) is 4.61. The van der Waals surface area contributed by atoms with E-state index in [0.717, 1.165) is 12.5 Å². The van der Waals surface area contributed by atoms with Crippen molar-refractivity contribution in [3.63, 3.8) is 0 Å². The average molecular weight is 275 g/mol. The first kappa shape index (κ1) is 12.6. The van der Waals surface area contributed by atoms with Gasteiger partial charge in [0.05, 0.1) is 5.60 Å². The molecule has 0 aromatic carbocycles. The van der Waals surface area contributed by atoms with E-state index in [-0.39, 0.29) is 5.60 Å². The van der Waals surface area contributed by atoms with Gasteiger partial charge in [-0.2, -0.15) is 11.8 Å². The fourth-order valence-corrected chi connectivity index (χ4v) is 5.89. The van der Waals surface area contributed by atoms with Crippen LogP contribution in [0.15, 0.2) is 0 Å².